The topological polar surface area (TPSA) is 80.9 Å². The van der Waals surface area contributed by atoms with E-state index in [0.29, 0.717) is 11.5 Å². The Balaban J connectivity index is 2.18. The Kier molecular flexibility index (Phi) is 4.34. The zero-order chi connectivity index (χ0) is 14.7. The molecule has 2 heterocycles. The molecule has 0 radical (unpaired) electrons. The molecule has 0 fully saturated rings. The first kappa shape index (κ1) is 14.5. The van der Waals surface area contributed by atoms with Crippen molar-refractivity contribution in [1.29, 1.82) is 0 Å². The van der Waals surface area contributed by atoms with Gasteiger partial charge in [0.05, 0.1) is 17.9 Å². The summed E-state index contributed by atoms with van der Waals surface area (Å²) >= 11 is 1.60. The SMILES string of the molecule is CC(C)c1ncc(N)c(C(=O)NC(C)c2cccs2)n1. The number of rotatable bonds is 4. The molecule has 1 amide bonds. The van der Waals surface area contributed by atoms with Crippen molar-refractivity contribution in [2.45, 2.75) is 32.7 Å². The summed E-state index contributed by atoms with van der Waals surface area (Å²) in [4.78, 5) is 21.8. The van der Waals surface area contributed by atoms with Crippen LogP contribution in [-0.2, 0) is 0 Å². The van der Waals surface area contributed by atoms with Crippen LogP contribution in [0.1, 0.15) is 53.9 Å². The van der Waals surface area contributed by atoms with Gasteiger partial charge in [-0.3, -0.25) is 4.79 Å². The van der Waals surface area contributed by atoms with Crippen molar-refractivity contribution >= 4 is 22.9 Å². The molecule has 20 heavy (non-hydrogen) atoms. The number of hydrogen-bond acceptors (Lipinski definition) is 5. The Labute approximate surface area is 122 Å². The van der Waals surface area contributed by atoms with Gasteiger partial charge >= 0.3 is 0 Å². The van der Waals surface area contributed by atoms with Crippen LogP contribution in [0.15, 0.2) is 23.7 Å². The number of hydrogen-bond donors (Lipinski definition) is 2. The van der Waals surface area contributed by atoms with E-state index in [1.807, 2.05) is 38.3 Å². The highest BCUT2D eigenvalue weighted by Crippen LogP contribution is 2.19. The molecule has 2 rings (SSSR count). The van der Waals surface area contributed by atoms with Crippen LogP contribution in [0.3, 0.4) is 0 Å². The van der Waals surface area contributed by atoms with Crippen molar-refractivity contribution in [3.63, 3.8) is 0 Å². The smallest absolute Gasteiger partial charge is 0.272 e. The molecular formula is C14H18N4OS. The lowest BCUT2D eigenvalue weighted by molar-refractivity contribution is 0.0936. The second kappa shape index (κ2) is 6.00. The maximum absolute atomic E-state index is 12.3. The molecule has 6 heteroatoms. The standard InChI is InChI=1S/C14H18N4OS/c1-8(2)13-16-7-10(15)12(18-13)14(19)17-9(3)11-5-4-6-20-11/h4-9H,15H2,1-3H3,(H,17,19). The summed E-state index contributed by atoms with van der Waals surface area (Å²) < 4.78 is 0. The van der Waals surface area contributed by atoms with E-state index < -0.39 is 0 Å². The van der Waals surface area contributed by atoms with Crippen molar-refractivity contribution in [2.24, 2.45) is 0 Å². The van der Waals surface area contributed by atoms with Crippen molar-refractivity contribution in [3.05, 3.63) is 40.1 Å². The second-order valence-corrected chi connectivity index (χ2v) is 5.88. The van der Waals surface area contributed by atoms with E-state index in [0.717, 1.165) is 4.88 Å². The van der Waals surface area contributed by atoms with E-state index in [1.165, 1.54) is 6.20 Å². The van der Waals surface area contributed by atoms with Crippen LogP contribution in [0.25, 0.3) is 0 Å². The Morgan fingerprint density at radius 1 is 1.40 bits per heavy atom. The van der Waals surface area contributed by atoms with Gasteiger partial charge in [-0.2, -0.15) is 0 Å². The quantitative estimate of drug-likeness (QED) is 0.907. The van der Waals surface area contributed by atoms with E-state index in [1.54, 1.807) is 11.3 Å². The summed E-state index contributed by atoms with van der Waals surface area (Å²) in [6, 6.07) is 3.87. The van der Waals surface area contributed by atoms with Gasteiger partial charge in [0.2, 0.25) is 0 Å². The predicted octanol–water partition coefficient (Wildman–Crippen LogP) is 2.73. The third-order valence-corrected chi connectivity index (χ3v) is 3.94. The van der Waals surface area contributed by atoms with Gasteiger partial charge < -0.3 is 11.1 Å². The van der Waals surface area contributed by atoms with Gasteiger partial charge in [0, 0.05) is 10.8 Å². The lowest BCUT2D eigenvalue weighted by Crippen LogP contribution is -2.28. The number of carbonyl (C=O) groups excluding carboxylic acids is 1. The molecule has 0 saturated heterocycles. The summed E-state index contributed by atoms with van der Waals surface area (Å²) in [5.74, 6) is 0.498. The van der Waals surface area contributed by atoms with Crippen molar-refractivity contribution in [3.8, 4) is 0 Å². The van der Waals surface area contributed by atoms with Crippen molar-refractivity contribution in [1.82, 2.24) is 15.3 Å². The molecule has 0 bridgehead atoms. The van der Waals surface area contributed by atoms with E-state index in [2.05, 4.69) is 15.3 Å². The zero-order valence-electron chi connectivity index (χ0n) is 11.8. The summed E-state index contributed by atoms with van der Waals surface area (Å²) in [6.45, 7) is 5.88. The molecule has 1 unspecified atom stereocenters. The van der Waals surface area contributed by atoms with E-state index >= 15 is 0 Å². The summed E-state index contributed by atoms with van der Waals surface area (Å²) in [5, 5.41) is 4.89. The number of nitrogens with zero attached hydrogens (tertiary/aromatic N) is 2. The third kappa shape index (κ3) is 3.14. The molecule has 0 aromatic carbocycles. The molecule has 3 N–H and O–H groups in total. The number of thiophene rings is 1. The average Bonchev–Trinajstić information content (AvgIpc) is 2.92. The van der Waals surface area contributed by atoms with Crippen LogP contribution < -0.4 is 11.1 Å². The van der Waals surface area contributed by atoms with Crippen LogP contribution in [-0.4, -0.2) is 15.9 Å². The highest BCUT2D eigenvalue weighted by atomic mass is 32.1. The first-order valence-corrected chi connectivity index (χ1v) is 7.33. The minimum absolute atomic E-state index is 0.0700. The number of carbonyl (C=O) groups is 1. The van der Waals surface area contributed by atoms with Crippen molar-refractivity contribution < 1.29 is 4.79 Å². The summed E-state index contributed by atoms with van der Waals surface area (Å²) in [6.07, 6.45) is 1.49. The first-order valence-electron chi connectivity index (χ1n) is 6.45. The minimum atomic E-state index is -0.271. The molecule has 0 aliphatic heterocycles. The number of nitrogen functional groups attached to an aromatic ring is 1. The van der Waals surface area contributed by atoms with Crippen molar-refractivity contribution in [2.75, 3.05) is 5.73 Å². The molecule has 106 valence electrons. The summed E-state index contributed by atoms with van der Waals surface area (Å²) in [7, 11) is 0. The predicted molar refractivity (Wildman–Crippen MR) is 80.7 cm³/mol. The van der Waals surface area contributed by atoms with Gasteiger partial charge in [-0.1, -0.05) is 19.9 Å². The Bertz CT molecular complexity index is 595. The van der Waals surface area contributed by atoms with Crippen LogP contribution in [0.4, 0.5) is 5.69 Å². The van der Waals surface area contributed by atoms with Gasteiger partial charge in [0.25, 0.3) is 5.91 Å². The van der Waals surface area contributed by atoms with E-state index in [4.69, 9.17) is 5.73 Å². The van der Waals surface area contributed by atoms with E-state index in [-0.39, 0.29) is 23.6 Å². The third-order valence-electron chi connectivity index (χ3n) is 2.88. The van der Waals surface area contributed by atoms with Crippen LogP contribution in [0, 0.1) is 0 Å². The highest BCUT2D eigenvalue weighted by molar-refractivity contribution is 7.10. The molecule has 0 saturated carbocycles. The Morgan fingerprint density at radius 3 is 2.75 bits per heavy atom. The van der Waals surface area contributed by atoms with Crippen LogP contribution in [0.5, 0.6) is 0 Å². The van der Waals surface area contributed by atoms with Gasteiger partial charge in [-0.05, 0) is 18.4 Å². The fourth-order valence-electron chi connectivity index (χ4n) is 1.74. The number of nitrogens with one attached hydrogen (secondary N) is 1. The van der Waals surface area contributed by atoms with Crippen LogP contribution in [0.2, 0.25) is 0 Å². The molecule has 0 aliphatic carbocycles. The molecule has 0 spiro atoms. The maximum atomic E-state index is 12.3. The first-order chi connectivity index (χ1) is 9.49. The lowest BCUT2D eigenvalue weighted by atomic mass is 10.2. The van der Waals surface area contributed by atoms with E-state index in [9.17, 15) is 4.79 Å². The zero-order valence-corrected chi connectivity index (χ0v) is 12.6. The average molecular weight is 290 g/mol. The Morgan fingerprint density at radius 2 is 2.15 bits per heavy atom. The fourth-order valence-corrected chi connectivity index (χ4v) is 2.47. The molecule has 2 aromatic rings. The largest absolute Gasteiger partial charge is 0.396 e. The molecule has 0 aliphatic rings. The maximum Gasteiger partial charge on any atom is 0.272 e. The molecule has 2 aromatic heterocycles. The number of anilines is 1. The minimum Gasteiger partial charge on any atom is -0.396 e. The fraction of sp³-hybridized carbons (Fsp3) is 0.357. The normalized spacial score (nSPS) is 12.4. The number of nitrogens with two attached hydrogens (primary N) is 1. The molecule has 1 atom stereocenters. The second-order valence-electron chi connectivity index (χ2n) is 4.90. The number of aromatic nitrogens is 2. The number of amides is 1. The van der Waals surface area contributed by atoms with Gasteiger partial charge in [0.15, 0.2) is 5.69 Å². The lowest BCUT2D eigenvalue weighted by Gasteiger charge is -2.13. The highest BCUT2D eigenvalue weighted by Gasteiger charge is 2.17. The Hall–Kier alpha value is -1.95. The summed E-state index contributed by atoms with van der Waals surface area (Å²) in [5.41, 5.74) is 6.34. The van der Waals surface area contributed by atoms with Gasteiger partial charge in [0.1, 0.15) is 5.82 Å². The monoisotopic (exact) mass is 290 g/mol. The van der Waals surface area contributed by atoms with Gasteiger partial charge in [-0.15, -0.1) is 11.3 Å². The molecular weight excluding hydrogens is 272 g/mol. The van der Waals surface area contributed by atoms with Gasteiger partial charge in [-0.25, -0.2) is 9.97 Å². The molecule has 5 nitrogen and oxygen atoms in total. The van der Waals surface area contributed by atoms with Crippen LogP contribution >= 0.6 is 11.3 Å².